The molecule has 1 N–H and O–H groups in total. The van der Waals surface area contributed by atoms with E-state index in [9.17, 15) is 5.11 Å². The molecule has 0 aliphatic rings. The molecule has 0 spiro atoms. The van der Waals surface area contributed by atoms with Gasteiger partial charge in [0, 0.05) is 0 Å². The third-order valence-electron chi connectivity index (χ3n) is 3.57. The van der Waals surface area contributed by atoms with Gasteiger partial charge < -0.3 is 5.11 Å². The first-order chi connectivity index (χ1) is 9.56. The molecule has 0 radical (unpaired) electrons. The fraction of sp³-hybridized carbons (Fsp3) is 0.294. The standard InChI is InChI=1S/C17H18Cl2O/c1-3-11-5-6-13(9-12(11)4-2)17(20)14-7-8-15(18)16(19)10-14/h5-10,17,20H,3-4H2,1-2H3. The first kappa shape index (κ1) is 15.4. The van der Waals surface area contributed by atoms with E-state index in [1.807, 2.05) is 6.07 Å². The van der Waals surface area contributed by atoms with Gasteiger partial charge in [0.25, 0.3) is 0 Å². The van der Waals surface area contributed by atoms with Crippen LogP contribution in [0.2, 0.25) is 10.0 Å². The lowest BCUT2D eigenvalue weighted by atomic mass is 9.95. The molecule has 0 aromatic heterocycles. The van der Waals surface area contributed by atoms with Gasteiger partial charge in [0.05, 0.1) is 10.0 Å². The van der Waals surface area contributed by atoms with E-state index >= 15 is 0 Å². The van der Waals surface area contributed by atoms with Gasteiger partial charge in [0.1, 0.15) is 6.10 Å². The maximum atomic E-state index is 10.5. The van der Waals surface area contributed by atoms with Gasteiger partial charge in [0.2, 0.25) is 0 Å². The smallest absolute Gasteiger partial charge is 0.104 e. The second-order valence-corrected chi connectivity index (χ2v) is 5.63. The van der Waals surface area contributed by atoms with Crippen LogP contribution >= 0.6 is 23.2 Å². The SMILES string of the molecule is CCc1ccc(C(O)c2ccc(Cl)c(Cl)c2)cc1CC. The Kier molecular flexibility index (Phi) is 5.09. The Balaban J connectivity index is 2.37. The molecule has 0 aliphatic heterocycles. The lowest BCUT2D eigenvalue weighted by Gasteiger charge is -2.15. The molecule has 20 heavy (non-hydrogen) atoms. The highest BCUT2D eigenvalue weighted by Gasteiger charge is 2.13. The molecule has 0 amide bonds. The Bertz CT molecular complexity index is 608. The van der Waals surface area contributed by atoms with Crippen LogP contribution in [0.4, 0.5) is 0 Å². The lowest BCUT2D eigenvalue weighted by Crippen LogP contribution is -2.02. The quantitative estimate of drug-likeness (QED) is 0.823. The van der Waals surface area contributed by atoms with Crippen molar-refractivity contribution in [2.24, 2.45) is 0 Å². The number of aliphatic hydroxyl groups is 1. The summed E-state index contributed by atoms with van der Waals surface area (Å²) < 4.78 is 0. The zero-order valence-corrected chi connectivity index (χ0v) is 13.2. The van der Waals surface area contributed by atoms with Crippen molar-refractivity contribution in [1.82, 2.24) is 0 Å². The first-order valence-electron chi connectivity index (χ1n) is 6.81. The van der Waals surface area contributed by atoms with E-state index < -0.39 is 6.10 Å². The van der Waals surface area contributed by atoms with Crippen LogP contribution < -0.4 is 0 Å². The van der Waals surface area contributed by atoms with Crippen molar-refractivity contribution >= 4 is 23.2 Å². The van der Waals surface area contributed by atoms with Gasteiger partial charge in [-0.05, 0) is 47.2 Å². The van der Waals surface area contributed by atoms with Crippen molar-refractivity contribution in [2.75, 3.05) is 0 Å². The van der Waals surface area contributed by atoms with Crippen LogP contribution in [0, 0.1) is 0 Å². The number of hydrogen-bond acceptors (Lipinski definition) is 1. The van der Waals surface area contributed by atoms with Gasteiger partial charge in [-0.3, -0.25) is 0 Å². The summed E-state index contributed by atoms with van der Waals surface area (Å²) in [5.74, 6) is 0. The summed E-state index contributed by atoms with van der Waals surface area (Å²) in [4.78, 5) is 0. The Morgan fingerprint density at radius 1 is 0.850 bits per heavy atom. The highest BCUT2D eigenvalue weighted by Crippen LogP contribution is 2.29. The van der Waals surface area contributed by atoms with Gasteiger partial charge in [-0.15, -0.1) is 0 Å². The molecule has 2 aromatic carbocycles. The van der Waals surface area contributed by atoms with Gasteiger partial charge >= 0.3 is 0 Å². The number of aliphatic hydroxyl groups excluding tert-OH is 1. The molecular weight excluding hydrogens is 291 g/mol. The molecule has 0 bridgehead atoms. The van der Waals surface area contributed by atoms with E-state index in [1.54, 1.807) is 18.2 Å². The summed E-state index contributed by atoms with van der Waals surface area (Å²) in [6, 6.07) is 11.4. The lowest BCUT2D eigenvalue weighted by molar-refractivity contribution is 0.220. The summed E-state index contributed by atoms with van der Waals surface area (Å²) >= 11 is 11.9. The van der Waals surface area contributed by atoms with Crippen LogP contribution in [0.5, 0.6) is 0 Å². The summed E-state index contributed by atoms with van der Waals surface area (Å²) in [5.41, 5.74) is 4.25. The maximum absolute atomic E-state index is 10.5. The van der Waals surface area contributed by atoms with E-state index in [1.165, 1.54) is 11.1 Å². The second-order valence-electron chi connectivity index (χ2n) is 4.81. The van der Waals surface area contributed by atoms with Gasteiger partial charge in [0.15, 0.2) is 0 Å². The topological polar surface area (TPSA) is 20.2 Å². The highest BCUT2D eigenvalue weighted by atomic mass is 35.5. The van der Waals surface area contributed by atoms with Crippen LogP contribution in [-0.4, -0.2) is 5.11 Å². The van der Waals surface area contributed by atoms with Crippen molar-refractivity contribution in [3.8, 4) is 0 Å². The van der Waals surface area contributed by atoms with Gasteiger partial charge in [-0.25, -0.2) is 0 Å². The summed E-state index contributed by atoms with van der Waals surface area (Å²) in [7, 11) is 0. The Morgan fingerprint density at radius 3 is 2.05 bits per heavy atom. The molecule has 1 atom stereocenters. The molecule has 0 saturated carbocycles. The second kappa shape index (κ2) is 6.62. The van der Waals surface area contributed by atoms with Crippen molar-refractivity contribution in [2.45, 2.75) is 32.8 Å². The predicted molar refractivity (Wildman–Crippen MR) is 85.7 cm³/mol. The number of aryl methyl sites for hydroxylation is 2. The Hall–Kier alpha value is -1.02. The number of hydrogen-bond donors (Lipinski definition) is 1. The molecule has 2 aromatic rings. The Labute approximate surface area is 130 Å². The predicted octanol–water partition coefficient (Wildman–Crippen LogP) is 5.20. The van der Waals surface area contributed by atoms with Crippen LogP contribution in [0.3, 0.4) is 0 Å². The molecule has 0 heterocycles. The minimum absolute atomic E-state index is 0.462. The summed E-state index contributed by atoms with van der Waals surface area (Å²) in [6.07, 6.45) is 1.29. The van der Waals surface area contributed by atoms with Crippen LogP contribution in [0.25, 0.3) is 0 Å². The molecule has 0 aliphatic carbocycles. The van der Waals surface area contributed by atoms with Crippen molar-refractivity contribution in [1.29, 1.82) is 0 Å². The average molecular weight is 309 g/mol. The fourth-order valence-electron chi connectivity index (χ4n) is 2.36. The van der Waals surface area contributed by atoms with Crippen molar-refractivity contribution in [3.05, 3.63) is 68.7 Å². The zero-order chi connectivity index (χ0) is 14.7. The summed E-state index contributed by atoms with van der Waals surface area (Å²) in [5, 5.41) is 11.4. The van der Waals surface area contributed by atoms with Gasteiger partial charge in [-0.2, -0.15) is 0 Å². The molecule has 1 unspecified atom stereocenters. The Morgan fingerprint density at radius 2 is 1.45 bits per heavy atom. The maximum Gasteiger partial charge on any atom is 0.104 e. The van der Waals surface area contributed by atoms with Crippen molar-refractivity contribution < 1.29 is 5.11 Å². The molecule has 1 nitrogen and oxygen atoms in total. The number of benzene rings is 2. The van der Waals surface area contributed by atoms with E-state index in [4.69, 9.17) is 23.2 Å². The average Bonchev–Trinajstić information content (AvgIpc) is 2.48. The molecule has 0 fully saturated rings. The third-order valence-corrected chi connectivity index (χ3v) is 4.31. The third kappa shape index (κ3) is 3.17. The number of rotatable bonds is 4. The summed E-state index contributed by atoms with van der Waals surface area (Å²) in [6.45, 7) is 4.27. The fourth-order valence-corrected chi connectivity index (χ4v) is 2.67. The molecular formula is C17H18Cl2O. The van der Waals surface area contributed by atoms with Crippen LogP contribution in [0.1, 0.15) is 42.2 Å². The minimum atomic E-state index is -0.680. The van der Waals surface area contributed by atoms with Crippen LogP contribution in [-0.2, 0) is 12.8 Å². The van der Waals surface area contributed by atoms with Crippen LogP contribution in [0.15, 0.2) is 36.4 Å². The molecule has 0 saturated heterocycles. The van der Waals surface area contributed by atoms with Crippen molar-refractivity contribution in [3.63, 3.8) is 0 Å². The van der Waals surface area contributed by atoms with E-state index in [0.717, 1.165) is 24.0 Å². The molecule has 3 heteroatoms. The molecule has 2 rings (SSSR count). The van der Waals surface area contributed by atoms with E-state index in [2.05, 4.69) is 26.0 Å². The van der Waals surface area contributed by atoms with Gasteiger partial charge in [-0.1, -0.05) is 61.3 Å². The van der Waals surface area contributed by atoms with E-state index in [-0.39, 0.29) is 0 Å². The first-order valence-corrected chi connectivity index (χ1v) is 7.57. The van der Waals surface area contributed by atoms with E-state index in [0.29, 0.717) is 10.0 Å². The minimum Gasteiger partial charge on any atom is -0.384 e. The zero-order valence-electron chi connectivity index (χ0n) is 11.7. The monoisotopic (exact) mass is 308 g/mol. The highest BCUT2D eigenvalue weighted by molar-refractivity contribution is 6.42. The number of halogens is 2. The largest absolute Gasteiger partial charge is 0.384 e. The molecule has 106 valence electrons. The normalized spacial score (nSPS) is 12.4.